The van der Waals surface area contributed by atoms with Crippen LogP contribution in [0.1, 0.15) is 17.2 Å². The van der Waals surface area contributed by atoms with Gasteiger partial charge in [0.25, 0.3) is 0 Å². The average molecular weight is 452 g/mol. The highest BCUT2D eigenvalue weighted by Crippen LogP contribution is 2.37. The second kappa shape index (κ2) is 7.47. The van der Waals surface area contributed by atoms with Gasteiger partial charge >= 0.3 is 0 Å². The van der Waals surface area contributed by atoms with Crippen LogP contribution in [0.4, 0.5) is 11.5 Å². The number of aromatic nitrogens is 3. The summed E-state index contributed by atoms with van der Waals surface area (Å²) in [4.78, 5) is 13.0. The summed E-state index contributed by atoms with van der Waals surface area (Å²) >= 11 is 6.06. The number of nitrogens with zero attached hydrogens (tertiary/aromatic N) is 3. The lowest BCUT2D eigenvalue weighted by Crippen LogP contribution is -2.24. The lowest BCUT2D eigenvalue weighted by molar-refractivity contribution is 0.607. The van der Waals surface area contributed by atoms with E-state index in [1.54, 1.807) is 18.6 Å². The SMILES string of the molecule is CS(=O)(=O)Nc1cc(-c2ccc3ncnc(NC4Cc5ccccc54)c3c2)cnc1Cl. The molecule has 4 aromatic rings. The Labute approximate surface area is 184 Å². The normalized spacial score (nSPS) is 15.2. The van der Waals surface area contributed by atoms with Crippen molar-refractivity contribution in [2.75, 3.05) is 16.3 Å². The third-order valence-electron chi connectivity index (χ3n) is 5.27. The topological polar surface area (TPSA) is 96.9 Å². The zero-order chi connectivity index (χ0) is 21.6. The fraction of sp³-hybridized carbons (Fsp3) is 0.136. The highest BCUT2D eigenvalue weighted by Gasteiger charge is 2.26. The van der Waals surface area contributed by atoms with E-state index >= 15 is 0 Å². The van der Waals surface area contributed by atoms with Crippen LogP contribution in [-0.4, -0.2) is 29.6 Å². The number of pyridine rings is 1. The largest absolute Gasteiger partial charge is 0.362 e. The van der Waals surface area contributed by atoms with Crippen LogP contribution < -0.4 is 10.0 Å². The van der Waals surface area contributed by atoms with Gasteiger partial charge in [0, 0.05) is 17.1 Å². The number of hydrogen-bond donors (Lipinski definition) is 2. The number of sulfonamides is 1. The first-order chi connectivity index (χ1) is 14.9. The minimum atomic E-state index is -3.48. The summed E-state index contributed by atoms with van der Waals surface area (Å²) in [5.41, 5.74) is 5.24. The van der Waals surface area contributed by atoms with Gasteiger partial charge in [-0.15, -0.1) is 0 Å². The number of fused-ring (bicyclic) bond motifs is 2. The van der Waals surface area contributed by atoms with E-state index in [0.29, 0.717) is 0 Å². The Morgan fingerprint density at radius 1 is 1.03 bits per heavy atom. The number of halogens is 1. The summed E-state index contributed by atoms with van der Waals surface area (Å²) < 4.78 is 25.6. The van der Waals surface area contributed by atoms with E-state index in [4.69, 9.17) is 11.6 Å². The molecule has 2 aromatic carbocycles. The Bertz CT molecular complexity index is 1420. The molecular formula is C22H18ClN5O2S. The van der Waals surface area contributed by atoms with Crippen LogP contribution in [0.5, 0.6) is 0 Å². The first kappa shape index (κ1) is 19.7. The molecule has 1 atom stereocenters. The standard InChI is InChI=1S/C22H18ClN5O2S/c1-31(29,30)28-20-10-15(11-24-21(20)23)13-6-7-18-17(8-13)22(26-12-25-18)27-19-9-14-4-2-3-5-16(14)19/h2-8,10-12,19,28H,9H2,1H3,(H,25,26,27). The Morgan fingerprint density at radius 2 is 1.87 bits per heavy atom. The zero-order valence-corrected chi connectivity index (χ0v) is 18.1. The molecule has 0 spiro atoms. The molecule has 2 N–H and O–H groups in total. The smallest absolute Gasteiger partial charge is 0.229 e. The maximum atomic E-state index is 11.6. The van der Waals surface area contributed by atoms with Crippen molar-refractivity contribution in [2.45, 2.75) is 12.5 Å². The molecule has 5 rings (SSSR count). The number of anilines is 2. The maximum absolute atomic E-state index is 11.6. The summed E-state index contributed by atoms with van der Waals surface area (Å²) in [6.45, 7) is 0. The molecule has 0 radical (unpaired) electrons. The van der Waals surface area contributed by atoms with Crippen molar-refractivity contribution in [3.8, 4) is 11.1 Å². The van der Waals surface area contributed by atoms with Crippen molar-refractivity contribution in [3.05, 3.63) is 77.3 Å². The molecule has 2 heterocycles. The summed E-state index contributed by atoms with van der Waals surface area (Å²) in [5.74, 6) is 0.753. The average Bonchev–Trinajstić information content (AvgIpc) is 2.72. The van der Waals surface area contributed by atoms with Gasteiger partial charge in [0.05, 0.1) is 23.5 Å². The zero-order valence-electron chi connectivity index (χ0n) is 16.5. The van der Waals surface area contributed by atoms with Gasteiger partial charge < -0.3 is 5.32 Å². The van der Waals surface area contributed by atoms with Gasteiger partial charge in [-0.1, -0.05) is 41.9 Å². The van der Waals surface area contributed by atoms with Crippen LogP contribution in [0.3, 0.4) is 0 Å². The molecule has 1 aliphatic carbocycles. The van der Waals surface area contributed by atoms with Gasteiger partial charge in [-0.05, 0) is 41.3 Å². The van der Waals surface area contributed by atoms with Crippen molar-refractivity contribution in [3.63, 3.8) is 0 Å². The fourth-order valence-corrected chi connectivity index (χ4v) is 4.54. The number of benzene rings is 2. The van der Waals surface area contributed by atoms with Gasteiger partial charge in [-0.3, -0.25) is 4.72 Å². The molecule has 0 bridgehead atoms. The number of nitrogens with one attached hydrogen (secondary N) is 2. The molecule has 0 aliphatic heterocycles. The highest BCUT2D eigenvalue weighted by molar-refractivity contribution is 7.92. The van der Waals surface area contributed by atoms with E-state index in [2.05, 4.69) is 43.2 Å². The Morgan fingerprint density at radius 3 is 2.68 bits per heavy atom. The Balaban J connectivity index is 1.52. The van der Waals surface area contributed by atoms with Crippen LogP contribution in [0, 0.1) is 0 Å². The van der Waals surface area contributed by atoms with Gasteiger partial charge in [0.15, 0.2) is 5.15 Å². The van der Waals surface area contributed by atoms with Gasteiger partial charge in [0.2, 0.25) is 10.0 Å². The lowest BCUT2D eigenvalue weighted by atomic mass is 9.83. The van der Waals surface area contributed by atoms with E-state index in [0.717, 1.165) is 40.5 Å². The number of rotatable bonds is 5. The van der Waals surface area contributed by atoms with Gasteiger partial charge in [-0.2, -0.15) is 0 Å². The second-order valence-electron chi connectivity index (χ2n) is 7.49. The summed E-state index contributed by atoms with van der Waals surface area (Å²) in [6, 6.07) is 16.0. The molecular weight excluding hydrogens is 434 g/mol. The van der Waals surface area contributed by atoms with Crippen molar-refractivity contribution in [1.29, 1.82) is 0 Å². The first-order valence-electron chi connectivity index (χ1n) is 9.60. The van der Waals surface area contributed by atoms with Crippen molar-refractivity contribution >= 4 is 44.0 Å². The Hall–Kier alpha value is -3.23. The molecule has 1 unspecified atom stereocenters. The fourth-order valence-electron chi connectivity index (χ4n) is 3.78. The lowest BCUT2D eigenvalue weighted by Gasteiger charge is -2.31. The van der Waals surface area contributed by atoms with E-state index in [-0.39, 0.29) is 16.9 Å². The van der Waals surface area contributed by atoms with Crippen LogP contribution >= 0.6 is 11.6 Å². The van der Waals surface area contributed by atoms with Crippen molar-refractivity contribution in [1.82, 2.24) is 15.0 Å². The van der Waals surface area contributed by atoms with Crippen LogP contribution in [0.15, 0.2) is 61.1 Å². The highest BCUT2D eigenvalue weighted by atomic mass is 35.5. The molecule has 7 nitrogen and oxygen atoms in total. The molecule has 0 saturated heterocycles. The van der Waals surface area contributed by atoms with Gasteiger partial charge in [-0.25, -0.2) is 23.4 Å². The molecule has 31 heavy (non-hydrogen) atoms. The molecule has 1 aliphatic rings. The Kier molecular flexibility index (Phi) is 4.75. The van der Waals surface area contributed by atoms with E-state index < -0.39 is 10.0 Å². The molecule has 0 fully saturated rings. The van der Waals surface area contributed by atoms with Crippen LogP contribution in [-0.2, 0) is 16.4 Å². The monoisotopic (exact) mass is 451 g/mol. The summed E-state index contributed by atoms with van der Waals surface area (Å²) in [5, 5.41) is 4.49. The van der Waals surface area contributed by atoms with E-state index in [9.17, 15) is 8.42 Å². The third kappa shape index (κ3) is 3.92. The van der Waals surface area contributed by atoms with Crippen molar-refractivity contribution < 1.29 is 8.42 Å². The first-order valence-corrected chi connectivity index (χ1v) is 11.9. The predicted octanol–water partition coefficient (Wildman–Crippen LogP) is 4.43. The van der Waals surface area contributed by atoms with Gasteiger partial charge in [0.1, 0.15) is 12.1 Å². The summed E-state index contributed by atoms with van der Waals surface area (Å²) in [7, 11) is -3.48. The number of hydrogen-bond acceptors (Lipinski definition) is 6. The van der Waals surface area contributed by atoms with Crippen LogP contribution in [0.2, 0.25) is 5.15 Å². The van der Waals surface area contributed by atoms with E-state index in [1.807, 2.05) is 24.3 Å². The molecule has 156 valence electrons. The molecule has 2 aromatic heterocycles. The minimum absolute atomic E-state index is 0.0873. The van der Waals surface area contributed by atoms with E-state index in [1.165, 1.54) is 11.1 Å². The second-order valence-corrected chi connectivity index (χ2v) is 9.60. The maximum Gasteiger partial charge on any atom is 0.229 e. The third-order valence-corrected chi connectivity index (χ3v) is 6.16. The predicted molar refractivity (Wildman–Crippen MR) is 123 cm³/mol. The van der Waals surface area contributed by atoms with Crippen molar-refractivity contribution in [2.24, 2.45) is 0 Å². The minimum Gasteiger partial charge on any atom is -0.362 e. The summed E-state index contributed by atoms with van der Waals surface area (Å²) in [6.07, 6.45) is 5.17. The molecule has 0 amide bonds. The van der Waals surface area contributed by atoms with Crippen LogP contribution in [0.25, 0.3) is 22.0 Å². The molecule has 9 heteroatoms. The quantitative estimate of drug-likeness (QED) is 0.436. The molecule has 0 saturated carbocycles.